The molecule has 0 atom stereocenters. The van der Waals surface area contributed by atoms with Gasteiger partial charge < -0.3 is 4.57 Å². The number of Topliss-reactive ketones (excluding diaryl/α,β-unsaturated/α-hetero) is 1. The summed E-state index contributed by atoms with van der Waals surface area (Å²) in [4.78, 5) is 12.3. The van der Waals surface area contributed by atoms with Crippen molar-refractivity contribution in [2.24, 2.45) is 5.41 Å². The molecule has 3 rings (SSSR count). The molecule has 1 heterocycles. The Hall–Kier alpha value is -2.34. The third kappa shape index (κ3) is 2.17. The normalized spacial score (nSPS) is 16.4. The first-order valence-corrected chi connectivity index (χ1v) is 7.16. The van der Waals surface area contributed by atoms with Gasteiger partial charge in [-0.2, -0.15) is 5.26 Å². The van der Waals surface area contributed by atoms with Crippen molar-refractivity contribution < 1.29 is 4.79 Å². The zero-order valence-electron chi connectivity index (χ0n) is 12.6. The van der Waals surface area contributed by atoms with Gasteiger partial charge in [0.2, 0.25) is 0 Å². The number of ketones is 1. The second kappa shape index (κ2) is 4.60. The highest BCUT2D eigenvalue weighted by Gasteiger charge is 2.33. The smallest absolute Gasteiger partial charge is 0.165 e. The lowest BCUT2D eigenvalue weighted by Crippen LogP contribution is -2.27. The Morgan fingerprint density at radius 3 is 2.71 bits per heavy atom. The Morgan fingerprint density at radius 2 is 2.00 bits per heavy atom. The topological polar surface area (TPSA) is 45.8 Å². The Labute approximate surface area is 124 Å². The van der Waals surface area contributed by atoms with Crippen LogP contribution in [0, 0.1) is 23.7 Å². The fraction of sp³-hybridized carbons (Fsp3) is 0.333. The maximum atomic E-state index is 12.3. The highest BCUT2D eigenvalue weighted by Crippen LogP contribution is 2.36. The van der Waals surface area contributed by atoms with Gasteiger partial charge in [-0.1, -0.05) is 26.0 Å². The van der Waals surface area contributed by atoms with Crippen LogP contribution in [0.2, 0.25) is 0 Å². The van der Waals surface area contributed by atoms with E-state index < -0.39 is 0 Å². The number of hydrogen-bond acceptors (Lipinski definition) is 2. The third-order valence-corrected chi connectivity index (χ3v) is 4.20. The van der Waals surface area contributed by atoms with Crippen LogP contribution in [0.25, 0.3) is 5.69 Å². The van der Waals surface area contributed by atoms with E-state index in [1.807, 2.05) is 42.0 Å². The molecule has 106 valence electrons. The van der Waals surface area contributed by atoms with E-state index in [4.69, 9.17) is 0 Å². The number of aryl methyl sites for hydroxylation is 1. The summed E-state index contributed by atoms with van der Waals surface area (Å²) in [6, 6.07) is 10.0. The van der Waals surface area contributed by atoms with Gasteiger partial charge in [-0.25, -0.2) is 0 Å². The van der Waals surface area contributed by atoms with Gasteiger partial charge in [-0.05, 0) is 36.5 Å². The van der Waals surface area contributed by atoms with Crippen LogP contribution in [-0.4, -0.2) is 10.4 Å². The molecule has 1 aliphatic rings. The molecule has 2 aromatic rings. The number of carbonyl (C=O) groups excluding carboxylic acids is 1. The van der Waals surface area contributed by atoms with Gasteiger partial charge in [0.25, 0.3) is 0 Å². The lowest BCUT2D eigenvalue weighted by Gasteiger charge is -2.29. The summed E-state index contributed by atoms with van der Waals surface area (Å²) in [5.41, 5.74) is 4.30. The fourth-order valence-electron chi connectivity index (χ4n) is 3.17. The molecule has 0 bridgehead atoms. The quantitative estimate of drug-likeness (QED) is 0.796. The molecular weight excluding hydrogens is 260 g/mol. The minimum absolute atomic E-state index is 0.0309. The van der Waals surface area contributed by atoms with Gasteiger partial charge >= 0.3 is 0 Å². The van der Waals surface area contributed by atoms with Crippen LogP contribution in [0.4, 0.5) is 0 Å². The van der Waals surface area contributed by atoms with Crippen molar-refractivity contribution in [2.45, 2.75) is 33.6 Å². The number of rotatable bonds is 1. The van der Waals surface area contributed by atoms with Gasteiger partial charge in [0.1, 0.15) is 6.07 Å². The molecule has 3 nitrogen and oxygen atoms in total. The average molecular weight is 278 g/mol. The minimum atomic E-state index is -0.0309. The summed E-state index contributed by atoms with van der Waals surface area (Å²) in [6.07, 6.45) is 3.35. The second-order valence-electron chi connectivity index (χ2n) is 6.57. The first-order chi connectivity index (χ1) is 9.93. The largest absolute Gasteiger partial charge is 0.319 e. The van der Waals surface area contributed by atoms with Crippen LogP contribution < -0.4 is 0 Å². The molecule has 3 heteroatoms. The zero-order valence-corrected chi connectivity index (χ0v) is 12.6. The molecule has 0 N–H and O–H groups in total. The number of nitrogens with zero attached hydrogens (tertiary/aromatic N) is 2. The number of hydrogen-bond donors (Lipinski definition) is 0. The van der Waals surface area contributed by atoms with Crippen LogP contribution in [-0.2, 0) is 6.42 Å². The molecule has 0 saturated carbocycles. The SMILES string of the molecule is Cc1cccc(-n2ccc3c2CC(C)(C)CC3=O)c1C#N. The number of benzene rings is 1. The molecule has 1 aliphatic carbocycles. The van der Waals surface area contributed by atoms with Crippen LogP contribution in [0.3, 0.4) is 0 Å². The number of aromatic nitrogens is 1. The minimum Gasteiger partial charge on any atom is -0.319 e. The van der Waals surface area contributed by atoms with Gasteiger partial charge in [0.05, 0.1) is 11.3 Å². The molecule has 0 fully saturated rings. The number of carbonyl (C=O) groups is 1. The Morgan fingerprint density at radius 1 is 1.24 bits per heavy atom. The second-order valence-corrected chi connectivity index (χ2v) is 6.57. The molecular formula is C18H18N2O. The van der Waals surface area contributed by atoms with E-state index in [1.165, 1.54) is 0 Å². The van der Waals surface area contributed by atoms with Crippen molar-refractivity contribution in [2.75, 3.05) is 0 Å². The maximum Gasteiger partial charge on any atom is 0.165 e. The Balaban J connectivity index is 2.22. The van der Waals surface area contributed by atoms with Gasteiger partial charge in [0.15, 0.2) is 5.78 Å². The van der Waals surface area contributed by atoms with E-state index in [0.717, 1.165) is 28.9 Å². The van der Waals surface area contributed by atoms with Crippen LogP contribution in [0.1, 0.15) is 47.4 Å². The highest BCUT2D eigenvalue weighted by atomic mass is 16.1. The number of fused-ring (bicyclic) bond motifs is 1. The van der Waals surface area contributed by atoms with Crippen molar-refractivity contribution in [3.05, 3.63) is 52.8 Å². The number of nitriles is 1. The van der Waals surface area contributed by atoms with Crippen LogP contribution in [0.5, 0.6) is 0 Å². The molecule has 0 unspecified atom stereocenters. The van der Waals surface area contributed by atoms with Crippen molar-refractivity contribution in [1.82, 2.24) is 4.57 Å². The van der Waals surface area contributed by atoms with E-state index in [1.54, 1.807) is 0 Å². The van der Waals surface area contributed by atoms with E-state index in [2.05, 4.69) is 19.9 Å². The Kier molecular flexibility index (Phi) is 2.98. The molecule has 0 amide bonds. The fourth-order valence-corrected chi connectivity index (χ4v) is 3.17. The summed E-state index contributed by atoms with van der Waals surface area (Å²) in [5.74, 6) is 0.200. The molecule has 0 aliphatic heterocycles. The zero-order chi connectivity index (χ0) is 15.2. The predicted molar refractivity (Wildman–Crippen MR) is 81.7 cm³/mol. The summed E-state index contributed by atoms with van der Waals surface area (Å²) in [7, 11) is 0. The molecule has 0 radical (unpaired) electrons. The molecule has 21 heavy (non-hydrogen) atoms. The standard InChI is InChI=1S/C18H18N2O/c1-12-5-4-6-15(14(12)11-19)20-8-7-13-16(20)9-18(2,3)10-17(13)21/h4-8H,9-10H2,1-3H3. The van der Waals surface area contributed by atoms with E-state index in [9.17, 15) is 10.1 Å². The van der Waals surface area contributed by atoms with Crippen molar-refractivity contribution in [3.63, 3.8) is 0 Å². The van der Waals surface area contributed by atoms with E-state index >= 15 is 0 Å². The van der Waals surface area contributed by atoms with Crippen LogP contribution in [0.15, 0.2) is 30.5 Å². The summed E-state index contributed by atoms with van der Waals surface area (Å²) < 4.78 is 2.01. The Bertz CT molecular complexity index is 775. The van der Waals surface area contributed by atoms with Crippen molar-refractivity contribution >= 4 is 5.78 Å². The first kappa shape index (κ1) is 13.6. The summed E-state index contributed by atoms with van der Waals surface area (Å²) >= 11 is 0. The molecule has 0 saturated heterocycles. The summed E-state index contributed by atoms with van der Waals surface area (Å²) in [5, 5.41) is 9.43. The molecule has 0 spiro atoms. The monoisotopic (exact) mass is 278 g/mol. The van der Waals surface area contributed by atoms with Crippen LogP contribution >= 0.6 is 0 Å². The lowest BCUT2D eigenvalue weighted by atomic mass is 9.76. The van der Waals surface area contributed by atoms with Crippen molar-refractivity contribution in [1.29, 1.82) is 5.26 Å². The average Bonchev–Trinajstić information content (AvgIpc) is 2.80. The molecule has 1 aromatic carbocycles. The van der Waals surface area contributed by atoms with Gasteiger partial charge in [-0.3, -0.25) is 4.79 Å². The lowest BCUT2D eigenvalue weighted by molar-refractivity contribution is 0.0911. The van der Waals surface area contributed by atoms with Crippen molar-refractivity contribution in [3.8, 4) is 11.8 Å². The third-order valence-electron chi connectivity index (χ3n) is 4.20. The molecule has 1 aromatic heterocycles. The van der Waals surface area contributed by atoms with Gasteiger partial charge in [0, 0.05) is 23.9 Å². The predicted octanol–water partition coefficient (Wildman–Crippen LogP) is 3.81. The summed E-state index contributed by atoms with van der Waals surface area (Å²) in [6.45, 7) is 6.17. The van der Waals surface area contributed by atoms with E-state index in [0.29, 0.717) is 12.0 Å². The first-order valence-electron chi connectivity index (χ1n) is 7.16. The van der Waals surface area contributed by atoms with E-state index in [-0.39, 0.29) is 11.2 Å². The highest BCUT2D eigenvalue weighted by molar-refractivity contribution is 5.99. The van der Waals surface area contributed by atoms with Gasteiger partial charge in [-0.15, -0.1) is 0 Å². The maximum absolute atomic E-state index is 12.3.